The van der Waals surface area contributed by atoms with Gasteiger partial charge in [-0.2, -0.15) is 0 Å². The minimum Gasteiger partial charge on any atom is -0.481 e. The average molecular weight is 351 g/mol. The normalized spacial score (nSPS) is 11.6. The Bertz CT molecular complexity index is 599. The molecule has 0 saturated carbocycles. The smallest absolute Gasteiger partial charge is 0.333 e. The first kappa shape index (κ1) is 15.3. The number of hydrogen-bond acceptors (Lipinski definition) is 5. The van der Waals surface area contributed by atoms with Crippen LogP contribution in [0.2, 0.25) is 0 Å². The molecule has 5 nitrogen and oxygen atoms in total. The van der Waals surface area contributed by atoms with Crippen molar-refractivity contribution in [3.05, 3.63) is 52.6 Å². The number of benzene rings is 1. The Labute approximate surface area is 131 Å². The Morgan fingerprint density at radius 2 is 1.90 bits per heavy atom. The summed E-state index contributed by atoms with van der Waals surface area (Å²) in [4.78, 5) is 16.1. The Hall–Kier alpha value is -2.08. The summed E-state index contributed by atoms with van der Waals surface area (Å²) in [5, 5.41) is 3.13. The highest BCUT2D eigenvalue weighted by molar-refractivity contribution is 9.10. The number of hydrogen-bond donors (Lipinski definition) is 1. The van der Waals surface area contributed by atoms with Crippen LogP contribution in [0.4, 0.5) is 5.69 Å². The van der Waals surface area contributed by atoms with Crippen molar-refractivity contribution in [1.82, 2.24) is 4.98 Å². The molecule has 6 heteroatoms. The third-order valence-corrected chi connectivity index (χ3v) is 3.42. The molecule has 21 heavy (non-hydrogen) atoms. The Kier molecular flexibility index (Phi) is 5.16. The van der Waals surface area contributed by atoms with Gasteiger partial charge in [0, 0.05) is 28.0 Å². The van der Waals surface area contributed by atoms with Gasteiger partial charge in [0.15, 0.2) is 6.04 Å². The minimum atomic E-state index is -0.630. The summed E-state index contributed by atoms with van der Waals surface area (Å²) in [6.45, 7) is 0. The van der Waals surface area contributed by atoms with E-state index in [9.17, 15) is 4.79 Å². The predicted molar refractivity (Wildman–Crippen MR) is 83.3 cm³/mol. The van der Waals surface area contributed by atoms with E-state index in [0.29, 0.717) is 11.4 Å². The number of carbonyl (C=O) groups excluding carboxylic acids is 1. The summed E-state index contributed by atoms with van der Waals surface area (Å²) >= 11 is 3.37. The largest absolute Gasteiger partial charge is 0.481 e. The second-order valence-electron chi connectivity index (χ2n) is 4.24. The highest BCUT2D eigenvalue weighted by Gasteiger charge is 2.21. The van der Waals surface area contributed by atoms with Gasteiger partial charge < -0.3 is 14.8 Å². The van der Waals surface area contributed by atoms with Crippen LogP contribution in [-0.2, 0) is 9.53 Å². The molecule has 0 bridgehead atoms. The average Bonchev–Trinajstić information content (AvgIpc) is 2.54. The molecule has 0 radical (unpaired) electrons. The van der Waals surface area contributed by atoms with Crippen molar-refractivity contribution in [2.24, 2.45) is 0 Å². The van der Waals surface area contributed by atoms with Crippen molar-refractivity contribution in [3.63, 3.8) is 0 Å². The molecule has 2 aromatic rings. The Balaban J connectivity index is 2.25. The second-order valence-corrected chi connectivity index (χ2v) is 5.16. The van der Waals surface area contributed by atoms with Crippen molar-refractivity contribution in [1.29, 1.82) is 0 Å². The fraction of sp³-hybridized carbons (Fsp3) is 0.200. The third-order valence-electron chi connectivity index (χ3n) is 2.89. The maximum Gasteiger partial charge on any atom is 0.333 e. The van der Waals surface area contributed by atoms with Crippen LogP contribution in [0, 0.1) is 0 Å². The molecular weight excluding hydrogens is 336 g/mol. The number of anilines is 1. The van der Waals surface area contributed by atoms with E-state index in [-0.39, 0.29) is 5.97 Å². The molecule has 1 unspecified atom stereocenters. The molecule has 1 aromatic heterocycles. The lowest BCUT2D eigenvalue weighted by molar-refractivity contribution is -0.141. The van der Waals surface area contributed by atoms with E-state index in [1.807, 2.05) is 24.3 Å². The fourth-order valence-electron chi connectivity index (χ4n) is 1.79. The van der Waals surface area contributed by atoms with Crippen molar-refractivity contribution < 1.29 is 14.3 Å². The molecule has 110 valence electrons. The zero-order valence-corrected chi connectivity index (χ0v) is 13.3. The first-order chi connectivity index (χ1) is 10.1. The molecule has 1 N–H and O–H groups in total. The van der Waals surface area contributed by atoms with E-state index in [0.717, 1.165) is 10.2 Å². The summed E-state index contributed by atoms with van der Waals surface area (Å²) in [5.41, 5.74) is 1.51. The number of methoxy groups -OCH3 is 2. The van der Waals surface area contributed by atoms with Crippen molar-refractivity contribution in [2.45, 2.75) is 6.04 Å². The maximum atomic E-state index is 12.0. The number of aromatic nitrogens is 1. The van der Waals surface area contributed by atoms with Crippen LogP contribution >= 0.6 is 15.9 Å². The van der Waals surface area contributed by atoms with E-state index in [1.165, 1.54) is 7.11 Å². The summed E-state index contributed by atoms with van der Waals surface area (Å²) in [6.07, 6.45) is 1.59. The lowest BCUT2D eigenvalue weighted by Gasteiger charge is -2.18. The van der Waals surface area contributed by atoms with Crippen LogP contribution in [0.15, 0.2) is 47.1 Å². The number of carbonyl (C=O) groups is 1. The van der Waals surface area contributed by atoms with Crippen LogP contribution in [0.5, 0.6) is 5.88 Å². The number of halogens is 1. The van der Waals surface area contributed by atoms with Crippen molar-refractivity contribution in [3.8, 4) is 5.88 Å². The summed E-state index contributed by atoms with van der Waals surface area (Å²) < 4.78 is 10.8. The topological polar surface area (TPSA) is 60.5 Å². The highest BCUT2D eigenvalue weighted by Crippen LogP contribution is 2.23. The minimum absolute atomic E-state index is 0.384. The van der Waals surface area contributed by atoms with Gasteiger partial charge in [0.05, 0.1) is 14.2 Å². The Morgan fingerprint density at radius 3 is 2.43 bits per heavy atom. The summed E-state index contributed by atoms with van der Waals surface area (Å²) in [5.74, 6) is 0.107. The first-order valence-electron chi connectivity index (χ1n) is 6.24. The van der Waals surface area contributed by atoms with E-state index in [2.05, 4.69) is 26.2 Å². The zero-order chi connectivity index (χ0) is 15.2. The maximum absolute atomic E-state index is 12.0. The predicted octanol–water partition coefficient (Wildman–Crippen LogP) is 3.18. The SMILES string of the molecule is COC(=O)C(Nc1ccc(Br)cc1)c1ccc(OC)nc1. The molecule has 0 spiro atoms. The zero-order valence-electron chi connectivity index (χ0n) is 11.7. The fourth-order valence-corrected chi connectivity index (χ4v) is 2.06. The van der Waals surface area contributed by atoms with E-state index in [4.69, 9.17) is 9.47 Å². The van der Waals surface area contributed by atoms with Crippen LogP contribution in [0.25, 0.3) is 0 Å². The molecule has 1 aromatic carbocycles. The summed E-state index contributed by atoms with van der Waals surface area (Å²) in [7, 11) is 2.90. The van der Waals surface area contributed by atoms with Crippen molar-refractivity contribution in [2.75, 3.05) is 19.5 Å². The van der Waals surface area contributed by atoms with Gasteiger partial charge in [-0.3, -0.25) is 0 Å². The van der Waals surface area contributed by atoms with Gasteiger partial charge in [0.1, 0.15) is 0 Å². The molecule has 1 heterocycles. The van der Waals surface area contributed by atoms with Crippen molar-refractivity contribution >= 4 is 27.6 Å². The molecule has 2 rings (SSSR count). The van der Waals surface area contributed by atoms with Crippen LogP contribution in [-0.4, -0.2) is 25.2 Å². The van der Waals surface area contributed by atoms with E-state index < -0.39 is 6.04 Å². The molecule has 0 aliphatic rings. The molecule has 0 amide bonds. The van der Waals surface area contributed by atoms with Gasteiger partial charge in [-0.25, -0.2) is 9.78 Å². The number of rotatable bonds is 5. The Morgan fingerprint density at radius 1 is 1.19 bits per heavy atom. The number of nitrogens with one attached hydrogen (secondary N) is 1. The van der Waals surface area contributed by atoms with E-state index >= 15 is 0 Å². The third kappa shape index (κ3) is 3.95. The highest BCUT2D eigenvalue weighted by atomic mass is 79.9. The second kappa shape index (κ2) is 7.08. The molecule has 0 aliphatic carbocycles. The molecule has 0 fully saturated rings. The first-order valence-corrected chi connectivity index (χ1v) is 7.03. The van der Waals surface area contributed by atoms with E-state index in [1.54, 1.807) is 25.4 Å². The van der Waals surface area contributed by atoms with Gasteiger partial charge in [-0.1, -0.05) is 15.9 Å². The molecular formula is C15H15BrN2O3. The number of pyridine rings is 1. The van der Waals surface area contributed by atoms with Gasteiger partial charge >= 0.3 is 5.97 Å². The monoisotopic (exact) mass is 350 g/mol. The number of ether oxygens (including phenoxy) is 2. The van der Waals surface area contributed by atoms with Crippen LogP contribution in [0.3, 0.4) is 0 Å². The quantitative estimate of drug-likeness (QED) is 0.839. The van der Waals surface area contributed by atoms with Gasteiger partial charge in [-0.15, -0.1) is 0 Å². The number of esters is 1. The van der Waals surface area contributed by atoms with Crippen LogP contribution < -0.4 is 10.1 Å². The number of nitrogens with zero attached hydrogens (tertiary/aromatic N) is 1. The summed E-state index contributed by atoms with van der Waals surface area (Å²) in [6, 6.07) is 10.4. The standard InChI is InChI=1S/C15H15BrN2O3/c1-20-13-8-3-10(9-17-13)14(15(19)21-2)18-12-6-4-11(16)5-7-12/h3-9,14,18H,1-2H3. The lowest BCUT2D eigenvalue weighted by Crippen LogP contribution is -2.22. The van der Waals surface area contributed by atoms with Gasteiger partial charge in [-0.05, 0) is 30.3 Å². The van der Waals surface area contributed by atoms with Gasteiger partial charge in [0.2, 0.25) is 5.88 Å². The lowest BCUT2D eigenvalue weighted by atomic mass is 10.1. The molecule has 1 atom stereocenters. The van der Waals surface area contributed by atoms with Gasteiger partial charge in [0.25, 0.3) is 0 Å². The molecule has 0 aliphatic heterocycles. The molecule has 0 saturated heterocycles. The van der Waals surface area contributed by atoms with Crippen LogP contribution in [0.1, 0.15) is 11.6 Å².